The van der Waals surface area contributed by atoms with E-state index in [9.17, 15) is 65.1 Å². The zero-order valence-corrected chi connectivity index (χ0v) is 37.6. The SMILES string of the molecule is COCC1OC(CO)C(O)C(COCC2OC(CO)C(O)C(COCC3OC(CO)C(O)C(COC)C3OC(=O)On3c(O)ccc3O)C2O)C1OC(=O)NCCNC(=O)Oc1ccc(C=O)cc1. The molecule has 27 heteroatoms. The Morgan fingerprint density at radius 1 is 0.594 bits per heavy atom. The first-order valence-corrected chi connectivity index (χ1v) is 21.8. The van der Waals surface area contributed by atoms with E-state index in [2.05, 4.69) is 10.6 Å². The molecule has 27 nitrogen and oxygen atoms in total. The average molecular weight is 992 g/mol. The van der Waals surface area contributed by atoms with Crippen LogP contribution in [0, 0.1) is 17.8 Å². The van der Waals surface area contributed by atoms with Gasteiger partial charge in [-0.25, -0.2) is 14.4 Å². The third-order valence-electron chi connectivity index (χ3n) is 11.6. The molecule has 1 aromatic heterocycles. The molecule has 3 aliphatic rings. The summed E-state index contributed by atoms with van der Waals surface area (Å²) in [5.41, 5.74) is 0.386. The van der Waals surface area contributed by atoms with Crippen LogP contribution in [0.1, 0.15) is 10.4 Å². The Hall–Kier alpha value is -4.98. The van der Waals surface area contributed by atoms with Crippen LogP contribution in [0.25, 0.3) is 0 Å². The molecule has 15 unspecified atom stereocenters. The first-order chi connectivity index (χ1) is 33.2. The van der Waals surface area contributed by atoms with Crippen molar-refractivity contribution in [2.75, 3.05) is 86.8 Å². The number of nitrogens with one attached hydrogen (secondary N) is 2. The van der Waals surface area contributed by atoms with Crippen LogP contribution >= 0.6 is 0 Å². The van der Waals surface area contributed by atoms with E-state index in [0.29, 0.717) is 16.6 Å². The Balaban J connectivity index is 1.19. The fraction of sp³-hybridized carbons (Fsp3) is 0.667. The summed E-state index contributed by atoms with van der Waals surface area (Å²) in [4.78, 5) is 53.8. The highest BCUT2D eigenvalue weighted by molar-refractivity contribution is 5.75. The van der Waals surface area contributed by atoms with E-state index in [1.807, 2.05) is 0 Å². The molecular weight excluding hydrogens is 930 g/mol. The van der Waals surface area contributed by atoms with Gasteiger partial charge in [0.2, 0.25) is 11.8 Å². The number of aromatic hydroxyl groups is 2. The Kier molecular flexibility index (Phi) is 21.4. The monoisotopic (exact) mass is 991 g/mol. The molecule has 5 rings (SSSR count). The second-order valence-corrected chi connectivity index (χ2v) is 16.2. The van der Waals surface area contributed by atoms with E-state index in [1.54, 1.807) is 0 Å². The normalized spacial score (nSPS) is 31.3. The maximum absolute atomic E-state index is 13.0. The molecule has 3 saturated heterocycles. The largest absolute Gasteiger partial charge is 0.534 e. The Bertz CT molecular complexity index is 1890. The molecule has 3 aliphatic heterocycles. The van der Waals surface area contributed by atoms with Crippen molar-refractivity contribution in [3.05, 3.63) is 42.0 Å². The topological polar surface area (TPSA) is 381 Å². The van der Waals surface area contributed by atoms with Crippen molar-refractivity contribution in [1.29, 1.82) is 0 Å². The van der Waals surface area contributed by atoms with Gasteiger partial charge < -0.3 is 104 Å². The molecule has 3 fully saturated rings. The summed E-state index contributed by atoms with van der Waals surface area (Å²) in [6.07, 6.45) is -18.4. The van der Waals surface area contributed by atoms with Crippen molar-refractivity contribution in [3.63, 3.8) is 0 Å². The minimum atomic E-state index is -1.54. The van der Waals surface area contributed by atoms with Crippen molar-refractivity contribution in [2.45, 2.75) is 73.2 Å². The quantitative estimate of drug-likeness (QED) is 0.0291. The van der Waals surface area contributed by atoms with Crippen molar-refractivity contribution in [3.8, 4) is 17.5 Å². The smallest absolute Gasteiger partial charge is 0.492 e. The minimum absolute atomic E-state index is 0.0955. The van der Waals surface area contributed by atoms with Crippen LogP contribution in [0.5, 0.6) is 17.5 Å². The number of aliphatic hydroxyl groups excluding tert-OH is 7. The van der Waals surface area contributed by atoms with E-state index in [1.165, 1.54) is 38.5 Å². The molecule has 15 atom stereocenters. The van der Waals surface area contributed by atoms with Gasteiger partial charge in [0.1, 0.15) is 60.9 Å². The summed E-state index contributed by atoms with van der Waals surface area (Å²) in [6.45, 7) is -4.30. The highest BCUT2D eigenvalue weighted by Crippen LogP contribution is 2.33. The number of amides is 2. The number of rotatable bonds is 23. The fourth-order valence-corrected chi connectivity index (χ4v) is 8.12. The number of aldehydes is 1. The van der Waals surface area contributed by atoms with Gasteiger partial charge in [0.05, 0.1) is 95.7 Å². The van der Waals surface area contributed by atoms with Gasteiger partial charge in [-0.2, -0.15) is 0 Å². The maximum atomic E-state index is 13.0. The molecule has 2 amide bonds. The number of carbonyl (C=O) groups excluding carboxylic acids is 4. The number of aliphatic hydroxyl groups is 7. The Morgan fingerprint density at radius 2 is 1.06 bits per heavy atom. The van der Waals surface area contributed by atoms with Crippen LogP contribution in [0.4, 0.5) is 14.4 Å². The van der Waals surface area contributed by atoms with E-state index in [0.717, 1.165) is 12.1 Å². The van der Waals surface area contributed by atoms with Gasteiger partial charge in [-0.3, -0.25) is 9.63 Å². The molecule has 0 aliphatic carbocycles. The summed E-state index contributed by atoms with van der Waals surface area (Å²) in [5.74, 6) is -4.40. The Labute approximate surface area is 394 Å². The van der Waals surface area contributed by atoms with E-state index in [-0.39, 0.29) is 38.7 Å². The van der Waals surface area contributed by atoms with E-state index in [4.69, 9.17) is 52.2 Å². The van der Waals surface area contributed by atoms with Crippen LogP contribution < -0.4 is 20.2 Å². The molecule has 388 valence electrons. The molecule has 0 saturated carbocycles. The third kappa shape index (κ3) is 14.5. The molecule has 11 N–H and O–H groups in total. The lowest BCUT2D eigenvalue weighted by Gasteiger charge is -2.45. The predicted molar refractivity (Wildman–Crippen MR) is 226 cm³/mol. The number of hydrogen-bond acceptors (Lipinski definition) is 24. The van der Waals surface area contributed by atoms with Gasteiger partial charge in [-0.15, -0.1) is 4.73 Å². The summed E-state index contributed by atoms with van der Waals surface area (Å²) >= 11 is 0. The summed E-state index contributed by atoms with van der Waals surface area (Å²) in [5, 5.41) is 99.7. The predicted octanol–water partition coefficient (Wildman–Crippen LogP) is -3.57. The second kappa shape index (κ2) is 26.8. The van der Waals surface area contributed by atoms with Gasteiger partial charge in [0.15, 0.2) is 0 Å². The highest BCUT2D eigenvalue weighted by atomic mass is 16.8. The van der Waals surface area contributed by atoms with Crippen LogP contribution in [-0.2, 0) is 42.6 Å². The van der Waals surface area contributed by atoms with Gasteiger partial charge >= 0.3 is 18.3 Å². The van der Waals surface area contributed by atoms with Crippen molar-refractivity contribution in [2.24, 2.45) is 17.8 Å². The molecule has 0 spiro atoms. The van der Waals surface area contributed by atoms with Gasteiger partial charge in [0, 0.05) is 50.9 Å². The fourth-order valence-electron chi connectivity index (χ4n) is 8.12. The van der Waals surface area contributed by atoms with Gasteiger partial charge in [-0.1, -0.05) is 0 Å². The number of methoxy groups -OCH3 is 2. The molecule has 4 heterocycles. The van der Waals surface area contributed by atoms with E-state index >= 15 is 0 Å². The summed E-state index contributed by atoms with van der Waals surface area (Å²) in [7, 11) is 2.66. The van der Waals surface area contributed by atoms with Crippen molar-refractivity contribution < 1.29 is 117 Å². The van der Waals surface area contributed by atoms with Crippen LogP contribution in [0.3, 0.4) is 0 Å². The van der Waals surface area contributed by atoms with Crippen molar-refractivity contribution in [1.82, 2.24) is 15.4 Å². The summed E-state index contributed by atoms with van der Waals surface area (Å²) < 4.78 is 56.3. The molecule has 2 aromatic rings. The lowest BCUT2D eigenvalue weighted by molar-refractivity contribution is -0.248. The number of carbonyl (C=O) groups is 4. The molecule has 69 heavy (non-hydrogen) atoms. The average Bonchev–Trinajstić information content (AvgIpc) is 3.65. The summed E-state index contributed by atoms with van der Waals surface area (Å²) in [6, 6.07) is 7.84. The first-order valence-electron chi connectivity index (χ1n) is 21.8. The van der Waals surface area contributed by atoms with Gasteiger partial charge in [-0.05, 0) is 24.3 Å². The van der Waals surface area contributed by atoms with Crippen LogP contribution in [0.2, 0.25) is 0 Å². The molecule has 1 aromatic carbocycles. The van der Waals surface area contributed by atoms with Crippen LogP contribution in [-0.4, -0.2) is 235 Å². The Morgan fingerprint density at radius 3 is 1.61 bits per heavy atom. The van der Waals surface area contributed by atoms with Gasteiger partial charge in [0.25, 0.3) is 0 Å². The zero-order valence-electron chi connectivity index (χ0n) is 37.6. The number of ether oxygens (including phenoxy) is 10. The number of nitrogens with zero attached hydrogens (tertiary/aromatic N) is 1. The van der Waals surface area contributed by atoms with E-state index < -0.39 is 161 Å². The number of aromatic nitrogens is 1. The first kappa shape index (κ1) is 55.0. The third-order valence-corrected chi connectivity index (χ3v) is 11.6. The number of hydrogen-bond donors (Lipinski definition) is 11. The maximum Gasteiger partial charge on any atom is 0.534 e. The molecule has 0 radical (unpaired) electrons. The zero-order chi connectivity index (χ0) is 50.2. The lowest BCUT2D eigenvalue weighted by Crippen LogP contribution is -2.60. The second-order valence-electron chi connectivity index (χ2n) is 16.2. The minimum Gasteiger partial charge on any atom is -0.492 e. The highest BCUT2D eigenvalue weighted by Gasteiger charge is 2.50. The molecular formula is C42H61N3O24. The van der Waals surface area contributed by atoms with Crippen LogP contribution in [0.15, 0.2) is 36.4 Å². The number of benzene rings is 1. The van der Waals surface area contributed by atoms with Crippen molar-refractivity contribution >= 4 is 24.6 Å². The molecule has 0 bridgehead atoms. The number of alkyl carbamates (subject to hydrolysis) is 1. The lowest BCUT2D eigenvalue weighted by atomic mass is 9.86. The standard InChI is InChI=1S/C42H61N3O24/c1-59-15-24-36(54)27(13-48)66-31(39(24)68-42(58)69-45-32(50)7-8-33(45)51)20-61-16-23-34(52)26(12-47)64-29(35(23)53)19-62-17-25-37(55)28(14-49)65-30(18-60-2)38(25)67-41(57)44-10-9-43-40(56)63-22-5-3-21(11-46)4-6-22/h3-8,11,23-31,34-39,47-55H,9-10,12-20H2,1-2H3,(H,43,56)(H,44,57).